The van der Waals surface area contributed by atoms with Gasteiger partial charge in [0.25, 0.3) is 0 Å². The van der Waals surface area contributed by atoms with Crippen LogP contribution in [0.5, 0.6) is 0 Å². The molecule has 0 amide bonds. The highest BCUT2D eigenvalue weighted by molar-refractivity contribution is 5.82. The van der Waals surface area contributed by atoms with Gasteiger partial charge in [0.05, 0.1) is 0 Å². The van der Waals surface area contributed by atoms with Crippen molar-refractivity contribution < 1.29 is 0 Å². The summed E-state index contributed by atoms with van der Waals surface area (Å²) < 4.78 is 0. The van der Waals surface area contributed by atoms with Crippen LogP contribution in [0.3, 0.4) is 0 Å². The zero-order chi connectivity index (χ0) is 12.4. The maximum absolute atomic E-state index is 3.49. The fraction of sp³-hybridized carbons (Fsp3) is 0.375. The monoisotopic (exact) mass is 240 g/mol. The number of piperazine rings is 1. The molecule has 1 saturated heterocycles. The molecule has 2 heteroatoms. The molecule has 1 heterocycles. The van der Waals surface area contributed by atoms with Crippen molar-refractivity contribution in [3.63, 3.8) is 0 Å². The molecule has 2 aromatic rings. The summed E-state index contributed by atoms with van der Waals surface area (Å²) in [6.45, 7) is 6.72. The second-order valence-electron chi connectivity index (χ2n) is 5.27. The Balaban J connectivity index is 1.78. The summed E-state index contributed by atoms with van der Waals surface area (Å²) in [4.78, 5) is 2.53. The van der Waals surface area contributed by atoms with Gasteiger partial charge in [-0.05, 0) is 29.3 Å². The van der Waals surface area contributed by atoms with Gasteiger partial charge in [0.1, 0.15) is 0 Å². The molecule has 1 aliphatic rings. The highest BCUT2D eigenvalue weighted by Gasteiger charge is 2.15. The van der Waals surface area contributed by atoms with E-state index in [9.17, 15) is 0 Å². The summed E-state index contributed by atoms with van der Waals surface area (Å²) in [6.07, 6.45) is 0. The van der Waals surface area contributed by atoms with Crippen molar-refractivity contribution in [3.8, 4) is 0 Å². The largest absolute Gasteiger partial charge is 0.312 e. The van der Waals surface area contributed by atoms with Crippen LogP contribution in [0.15, 0.2) is 42.5 Å². The molecule has 1 aliphatic heterocycles. The molecule has 1 atom stereocenters. The second kappa shape index (κ2) is 5.09. The van der Waals surface area contributed by atoms with Crippen LogP contribution >= 0.6 is 0 Å². The first-order valence-electron chi connectivity index (χ1n) is 6.75. The number of fused-ring (bicyclic) bond motifs is 1. The maximum atomic E-state index is 3.49. The SMILES string of the molecule is CC1CN(Cc2ccc3ccccc3c2)CCN1. The van der Waals surface area contributed by atoms with Crippen LogP contribution < -0.4 is 5.32 Å². The summed E-state index contributed by atoms with van der Waals surface area (Å²) in [5.41, 5.74) is 1.42. The Hall–Kier alpha value is -1.38. The Bertz CT molecular complexity index is 535. The van der Waals surface area contributed by atoms with Crippen LogP contribution in [0.4, 0.5) is 0 Å². The summed E-state index contributed by atoms with van der Waals surface area (Å²) in [6, 6.07) is 16.0. The number of nitrogens with one attached hydrogen (secondary N) is 1. The van der Waals surface area contributed by atoms with E-state index < -0.39 is 0 Å². The van der Waals surface area contributed by atoms with Crippen molar-refractivity contribution in [1.29, 1.82) is 0 Å². The lowest BCUT2D eigenvalue weighted by molar-refractivity contribution is 0.200. The van der Waals surface area contributed by atoms with Gasteiger partial charge in [-0.25, -0.2) is 0 Å². The van der Waals surface area contributed by atoms with Crippen LogP contribution in [-0.4, -0.2) is 30.6 Å². The van der Waals surface area contributed by atoms with Gasteiger partial charge >= 0.3 is 0 Å². The van der Waals surface area contributed by atoms with Gasteiger partial charge in [0.15, 0.2) is 0 Å². The third kappa shape index (κ3) is 2.55. The van der Waals surface area contributed by atoms with E-state index in [0.717, 1.165) is 26.2 Å². The number of hydrogen-bond acceptors (Lipinski definition) is 2. The van der Waals surface area contributed by atoms with Crippen LogP contribution in [0.1, 0.15) is 12.5 Å². The summed E-state index contributed by atoms with van der Waals surface area (Å²) in [7, 11) is 0. The Morgan fingerprint density at radius 2 is 2.00 bits per heavy atom. The van der Waals surface area contributed by atoms with Crippen molar-refractivity contribution in [2.75, 3.05) is 19.6 Å². The number of nitrogens with zero attached hydrogens (tertiary/aromatic N) is 1. The summed E-state index contributed by atoms with van der Waals surface area (Å²) >= 11 is 0. The van der Waals surface area contributed by atoms with Crippen LogP contribution in [-0.2, 0) is 6.54 Å². The van der Waals surface area contributed by atoms with Crippen molar-refractivity contribution >= 4 is 10.8 Å². The van der Waals surface area contributed by atoms with E-state index >= 15 is 0 Å². The number of benzene rings is 2. The predicted octanol–water partition coefficient (Wildman–Crippen LogP) is 2.63. The molecule has 0 saturated carbocycles. The van der Waals surface area contributed by atoms with E-state index in [2.05, 4.69) is 59.6 Å². The fourth-order valence-corrected chi connectivity index (χ4v) is 2.75. The highest BCUT2D eigenvalue weighted by Crippen LogP contribution is 2.17. The van der Waals surface area contributed by atoms with E-state index in [4.69, 9.17) is 0 Å². The van der Waals surface area contributed by atoms with Gasteiger partial charge < -0.3 is 5.32 Å². The van der Waals surface area contributed by atoms with Crippen LogP contribution in [0, 0.1) is 0 Å². The smallest absolute Gasteiger partial charge is 0.0235 e. The van der Waals surface area contributed by atoms with E-state index in [1.54, 1.807) is 0 Å². The van der Waals surface area contributed by atoms with Gasteiger partial charge in [-0.1, -0.05) is 36.4 Å². The molecule has 1 unspecified atom stereocenters. The average Bonchev–Trinajstić information content (AvgIpc) is 2.39. The molecule has 94 valence electrons. The van der Waals surface area contributed by atoms with E-state index in [1.165, 1.54) is 16.3 Å². The minimum Gasteiger partial charge on any atom is -0.312 e. The Morgan fingerprint density at radius 1 is 1.17 bits per heavy atom. The molecular formula is C16H20N2. The molecule has 3 rings (SSSR count). The standard InChI is InChI=1S/C16H20N2/c1-13-11-18(9-8-17-13)12-14-6-7-15-4-2-3-5-16(15)10-14/h2-7,10,13,17H,8-9,11-12H2,1H3. The first kappa shape index (κ1) is 11.7. The van der Waals surface area contributed by atoms with E-state index in [-0.39, 0.29) is 0 Å². The maximum Gasteiger partial charge on any atom is 0.0235 e. The molecule has 2 aromatic carbocycles. The third-order valence-electron chi connectivity index (χ3n) is 3.67. The fourth-order valence-electron chi connectivity index (χ4n) is 2.75. The van der Waals surface area contributed by atoms with E-state index in [1.807, 2.05) is 0 Å². The van der Waals surface area contributed by atoms with Gasteiger partial charge in [-0.2, -0.15) is 0 Å². The number of rotatable bonds is 2. The normalized spacial score (nSPS) is 21.3. The zero-order valence-electron chi connectivity index (χ0n) is 10.9. The molecule has 0 aromatic heterocycles. The lowest BCUT2D eigenvalue weighted by Crippen LogP contribution is -2.48. The van der Waals surface area contributed by atoms with Gasteiger partial charge in [0, 0.05) is 32.2 Å². The summed E-state index contributed by atoms with van der Waals surface area (Å²) in [5, 5.41) is 6.16. The van der Waals surface area contributed by atoms with Gasteiger partial charge in [-0.3, -0.25) is 4.90 Å². The molecule has 0 spiro atoms. The summed E-state index contributed by atoms with van der Waals surface area (Å²) in [5.74, 6) is 0. The molecule has 1 N–H and O–H groups in total. The van der Waals surface area contributed by atoms with Crippen molar-refractivity contribution in [3.05, 3.63) is 48.0 Å². The first-order valence-corrected chi connectivity index (χ1v) is 6.75. The molecule has 0 bridgehead atoms. The molecule has 2 nitrogen and oxygen atoms in total. The second-order valence-corrected chi connectivity index (χ2v) is 5.27. The molecule has 0 radical (unpaired) electrons. The predicted molar refractivity (Wildman–Crippen MR) is 76.7 cm³/mol. The molecule has 1 fully saturated rings. The van der Waals surface area contributed by atoms with Crippen LogP contribution in [0.2, 0.25) is 0 Å². The van der Waals surface area contributed by atoms with Gasteiger partial charge in [0.2, 0.25) is 0 Å². The minimum atomic E-state index is 0.610. The molecule has 0 aliphatic carbocycles. The lowest BCUT2D eigenvalue weighted by Gasteiger charge is -2.31. The third-order valence-corrected chi connectivity index (χ3v) is 3.67. The first-order chi connectivity index (χ1) is 8.81. The minimum absolute atomic E-state index is 0.610. The lowest BCUT2D eigenvalue weighted by atomic mass is 10.1. The number of hydrogen-bond donors (Lipinski definition) is 1. The Labute approximate surface area is 109 Å². The van der Waals surface area contributed by atoms with Crippen LogP contribution in [0.25, 0.3) is 10.8 Å². The Kier molecular flexibility index (Phi) is 3.31. The average molecular weight is 240 g/mol. The van der Waals surface area contributed by atoms with E-state index in [0.29, 0.717) is 6.04 Å². The molecule has 18 heavy (non-hydrogen) atoms. The quantitative estimate of drug-likeness (QED) is 0.868. The van der Waals surface area contributed by atoms with Crippen molar-refractivity contribution in [2.24, 2.45) is 0 Å². The van der Waals surface area contributed by atoms with Crippen molar-refractivity contribution in [1.82, 2.24) is 10.2 Å². The Morgan fingerprint density at radius 3 is 2.83 bits per heavy atom. The zero-order valence-corrected chi connectivity index (χ0v) is 10.9. The van der Waals surface area contributed by atoms with Gasteiger partial charge in [-0.15, -0.1) is 0 Å². The topological polar surface area (TPSA) is 15.3 Å². The molecular weight excluding hydrogens is 220 g/mol. The van der Waals surface area contributed by atoms with Crippen molar-refractivity contribution in [2.45, 2.75) is 19.5 Å². The highest BCUT2D eigenvalue weighted by atomic mass is 15.2.